The quantitative estimate of drug-likeness (QED) is 0.704. The molecule has 5 heteroatoms. The number of carbonyl (C=O) groups is 1. The zero-order valence-corrected chi connectivity index (χ0v) is 14.5. The average Bonchev–Trinajstić information content (AvgIpc) is 2.94. The molecule has 5 nitrogen and oxygen atoms in total. The topological polar surface area (TPSA) is 64.3 Å². The number of aliphatic carboxylic acids is 1. The SMILES string of the molecule is CCCC(C(=O)O)c1ccc(OCc2nc3ccccc3n2C)cc1. The van der Waals surface area contributed by atoms with Crippen LogP contribution in [0.15, 0.2) is 48.5 Å². The van der Waals surface area contributed by atoms with Gasteiger partial charge in [-0.2, -0.15) is 0 Å². The maximum atomic E-state index is 11.4. The van der Waals surface area contributed by atoms with Crippen molar-refractivity contribution in [3.8, 4) is 5.75 Å². The van der Waals surface area contributed by atoms with Crippen LogP contribution in [0.5, 0.6) is 5.75 Å². The second-order valence-corrected chi connectivity index (χ2v) is 6.11. The Bertz CT molecular complexity index is 868. The van der Waals surface area contributed by atoms with Crippen LogP contribution in [-0.2, 0) is 18.4 Å². The Hall–Kier alpha value is -2.82. The summed E-state index contributed by atoms with van der Waals surface area (Å²) in [4.78, 5) is 15.9. The van der Waals surface area contributed by atoms with Crippen molar-refractivity contribution < 1.29 is 14.6 Å². The van der Waals surface area contributed by atoms with Gasteiger partial charge in [0.25, 0.3) is 0 Å². The Morgan fingerprint density at radius 2 is 1.92 bits per heavy atom. The Morgan fingerprint density at radius 1 is 1.20 bits per heavy atom. The van der Waals surface area contributed by atoms with Crippen LogP contribution < -0.4 is 4.74 Å². The summed E-state index contributed by atoms with van der Waals surface area (Å²) < 4.78 is 7.85. The highest BCUT2D eigenvalue weighted by Gasteiger charge is 2.18. The van der Waals surface area contributed by atoms with Gasteiger partial charge in [-0.05, 0) is 36.2 Å². The molecule has 1 unspecified atom stereocenters. The molecule has 0 saturated heterocycles. The highest BCUT2D eigenvalue weighted by molar-refractivity contribution is 5.76. The number of hydrogen-bond acceptors (Lipinski definition) is 3. The molecule has 0 saturated carbocycles. The van der Waals surface area contributed by atoms with Gasteiger partial charge in [0.15, 0.2) is 0 Å². The third-order valence-corrected chi connectivity index (χ3v) is 4.41. The van der Waals surface area contributed by atoms with E-state index in [1.807, 2.05) is 67.1 Å². The number of nitrogens with zero attached hydrogens (tertiary/aromatic N) is 2. The molecule has 0 amide bonds. The first-order valence-electron chi connectivity index (χ1n) is 8.46. The van der Waals surface area contributed by atoms with Crippen LogP contribution in [0, 0.1) is 0 Å². The number of aromatic nitrogens is 2. The molecule has 1 N–H and O–H groups in total. The maximum absolute atomic E-state index is 11.4. The number of carboxylic acid groups (broad SMARTS) is 1. The monoisotopic (exact) mass is 338 g/mol. The molecule has 0 spiro atoms. The van der Waals surface area contributed by atoms with E-state index in [0.29, 0.717) is 18.8 Å². The lowest BCUT2D eigenvalue weighted by molar-refractivity contribution is -0.139. The summed E-state index contributed by atoms with van der Waals surface area (Å²) in [7, 11) is 1.97. The van der Waals surface area contributed by atoms with Crippen LogP contribution in [0.2, 0.25) is 0 Å². The summed E-state index contributed by atoms with van der Waals surface area (Å²) in [5.41, 5.74) is 2.83. The molecule has 0 bridgehead atoms. The summed E-state index contributed by atoms with van der Waals surface area (Å²) in [6.07, 6.45) is 1.47. The molecule has 2 aromatic carbocycles. The largest absolute Gasteiger partial charge is 0.486 e. The molecule has 0 fully saturated rings. The molecule has 1 atom stereocenters. The van der Waals surface area contributed by atoms with Gasteiger partial charge in [-0.1, -0.05) is 37.6 Å². The zero-order chi connectivity index (χ0) is 17.8. The maximum Gasteiger partial charge on any atom is 0.310 e. The first kappa shape index (κ1) is 17.0. The lowest BCUT2D eigenvalue weighted by Crippen LogP contribution is -2.11. The summed E-state index contributed by atoms with van der Waals surface area (Å²) in [6.45, 7) is 2.35. The number of benzene rings is 2. The molecule has 3 rings (SSSR count). The normalized spacial score (nSPS) is 12.2. The lowest BCUT2D eigenvalue weighted by atomic mass is 9.95. The summed E-state index contributed by atoms with van der Waals surface area (Å²) in [5, 5.41) is 9.34. The molecular weight excluding hydrogens is 316 g/mol. The number of para-hydroxylation sites is 2. The van der Waals surface area contributed by atoms with Crippen molar-refractivity contribution in [3.63, 3.8) is 0 Å². The smallest absolute Gasteiger partial charge is 0.310 e. The molecule has 25 heavy (non-hydrogen) atoms. The molecule has 0 aliphatic carbocycles. The molecule has 1 aromatic heterocycles. The van der Waals surface area contributed by atoms with E-state index >= 15 is 0 Å². The highest BCUT2D eigenvalue weighted by Crippen LogP contribution is 2.24. The van der Waals surface area contributed by atoms with Crippen molar-refractivity contribution in [1.29, 1.82) is 0 Å². The van der Waals surface area contributed by atoms with E-state index in [2.05, 4.69) is 4.98 Å². The molecule has 0 aliphatic heterocycles. The standard InChI is InChI=1S/C20H22N2O3/c1-3-6-16(20(23)24)14-9-11-15(12-10-14)25-13-19-21-17-7-4-5-8-18(17)22(19)2/h4-5,7-12,16H,3,6,13H2,1-2H3,(H,23,24). The van der Waals surface area contributed by atoms with Crippen LogP contribution in [0.25, 0.3) is 11.0 Å². The first-order chi connectivity index (χ1) is 12.1. The van der Waals surface area contributed by atoms with E-state index < -0.39 is 11.9 Å². The van der Waals surface area contributed by atoms with Crippen LogP contribution in [0.3, 0.4) is 0 Å². The summed E-state index contributed by atoms with van der Waals surface area (Å²) in [5.74, 6) is 0.310. The number of carboxylic acids is 1. The van der Waals surface area contributed by atoms with Gasteiger partial charge in [0.1, 0.15) is 18.2 Å². The minimum atomic E-state index is -0.782. The number of rotatable bonds is 7. The zero-order valence-electron chi connectivity index (χ0n) is 14.5. The molecule has 130 valence electrons. The number of aryl methyl sites for hydroxylation is 1. The van der Waals surface area contributed by atoms with Gasteiger partial charge in [-0.25, -0.2) is 4.98 Å². The van der Waals surface area contributed by atoms with Crippen molar-refractivity contribution in [1.82, 2.24) is 9.55 Å². The average molecular weight is 338 g/mol. The molecular formula is C20H22N2O3. The Balaban J connectivity index is 1.71. The van der Waals surface area contributed by atoms with Crippen molar-refractivity contribution >= 4 is 17.0 Å². The lowest BCUT2D eigenvalue weighted by Gasteiger charge is -2.12. The van der Waals surface area contributed by atoms with Crippen molar-refractivity contribution in [2.45, 2.75) is 32.3 Å². The number of ether oxygens (including phenoxy) is 1. The predicted octanol–water partition coefficient (Wildman–Crippen LogP) is 4.12. The van der Waals surface area contributed by atoms with E-state index in [-0.39, 0.29) is 0 Å². The Labute approximate surface area is 146 Å². The van der Waals surface area contributed by atoms with Crippen LogP contribution >= 0.6 is 0 Å². The van der Waals surface area contributed by atoms with Crippen molar-refractivity contribution in [2.24, 2.45) is 7.05 Å². The summed E-state index contributed by atoms with van der Waals surface area (Å²) in [6, 6.07) is 15.3. The third-order valence-electron chi connectivity index (χ3n) is 4.41. The molecule has 0 aliphatic rings. The third kappa shape index (κ3) is 3.65. The fraction of sp³-hybridized carbons (Fsp3) is 0.300. The Morgan fingerprint density at radius 3 is 2.56 bits per heavy atom. The summed E-state index contributed by atoms with van der Waals surface area (Å²) >= 11 is 0. The second-order valence-electron chi connectivity index (χ2n) is 6.11. The second kappa shape index (κ2) is 7.38. The minimum Gasteiger partial charge on any atom is -0.486 e. The van der Waals surface area contributed by atoms with Gasteiger partial charge in [-0.3, -0.25) is 4.79 Å². The predicted molar refractivity (Wildman–Crippen MR) is 96.8 cm³/mol. The van der Waals surface area contributed by atoms with Crippen LogP contribution in [0.4, 0.5) is 0 Å². The van der Waals surface area contributed by atoms with E-state index in [0.717, 1.165) is 28.8 Å². The van der Waals surface area contributed by atoms with Crippen LogP contribution in [0.1, 0.15) is 37.1 Å². The molecule has 0 radical (unpaired) electrons. The van der Waals surface area contributed by atoms with Gasteiger partial charge in [0, 0.05) is 7.05 Å². The highest BCUT2D eigenvalue weighted by atomic mass is 16.5. The fourth-order valence-electron chi connectivity index (χ4n) is 2.99. The Kier molecular flexibility index (Phi) is 5.03. The van der Waals surface area contributed by atoms with E-state index in [1.54, 1.807) is 0 Å². The van der Waals surface area contributed by atoms with Gasteiger partial charge < -0.3 is 14.4 Å². The van der Waals surface area contributed by atoms with Crippen molar-refractivity contribution in [3.05, 3.63) is 59.9 Å². The van der Waals surface area contributed by atoms with Crippen LogP contribution in [-0.4, -0.2) is 20.6 Å². The van der Waals surface area contributed by atoms with Gasteiger partial charge >= 0.3 is 5.97 Å². The molecule has 3 aromatic rings. The first-order valence-corrected chi connectivity index (χ1v) is 8.46. The van der Waals surface area contributed by atoms with Gasteiger partial charge in [0.2, 0.25) is 0 Å². The number of fused-ring (bicyclic) bond motifs is 1. The van der Waals surface area contributed by atoms with Crippen molar-refractivity contribution in [2.75, 3.05) is 0 Å². The van der Waals surface area contributed by atoms with Gasteiger partial charge in [0.05, 0.1) is 17.0 Å². The number of hydrogen-bond donors (Lipinski definition) is 1. The van der Waals surface area contributed by atoms with Gasteiger partial charge in [-0.15, -0.1) is 0 Å². The fourth-order valence-corrected chi connectivity index (χ4v) is 2.99. The minimum absolute atomic E-state index is 0.363. The van der Waals surface area contributed by atoms with E-state index in [4.69, 9.17) is 4.74 Å². The number of imidazole rings is 1. The van der Waals surface area contributed by atoms with E-state index in [1.165, 1.54) is 0 Å². The van der Waals surface area contributed by atoms with E-state index in [9.17, 15) is 9.90 Å². The molecule has 1 heterocycles.